The van der Waals surface area contributed by atoms with Crippen LogP contribution >= 0.6 is 0 Å². The Labute approximate surface area is 115 Å². The fourth-order valence-corrected chi connectivity index (χ4v) is 1.66. The Hall–Kier alpha value is -2.57. The van der Waals surface area contributed by atoms with Crippen molar-refractivity contribution in [3.63, 3.8) is 0 Å². The molecule has 1 heterocycles. The summed E-state index contributed by atoms with van der Waals surface area (Å²) in [6.07, 6.45) is 0.0255. The number of amides is 1. The summed E-state index contributed by atoms with van der Waals surface area (Å²) >= 11 is 0. The molecule has 7 nitrogen and oxygen atoms in total. The molecule has 0 atom stereocenters. The van der Waals surface area contributed by atoms with E-state index in [0.717, 1.165) is 0 Å². The van der Waals surface area contributed by atoms with Crippen molar-refractivity contribution in [2.45, 2.75) is 13.3 Å². The number of methoxy groups -OCH3 is 2. The fraction of sp³-hybridized carbons (Fsp3) is 0.308. The molecule has 0 aliphatic rings. The second kappa shape index (κ2) is 6.05. The number of hydrogen-bond acceptors (Lipinski definition) is 6. The monoisotopic (exact) mass is 277 g/mol. The number of hydrogen-bond donors (Lipinski definition) is 1. The van der Waals surface area contributed by atoms with E-state index in [1.807, 2.05) is 0 Å². The summed E-state index contributed by atoms with van der Waals surface area (Å²) in [4.78, 5) is 15.9. The van der Waals surface area contributed by atoms with E-state index in [9.17, 15) is 4.79 Å². The first kappa shape index (κ1) is 13.9. The van der Waals surface area contributed by atoms with E-state index in [1.54, 1.807) is 32.2 Å². The molecule has 0 radical (unpaired) electrons. The third-order valence-electron chi connectivity index (χ3n) is 2.57. The SMILES string of the molecule is COc1ccc(OC)c(NC(=O)Cc2noc(C)n2)c1. The average Bonchev–Trinajstić information content (AvgIpc) is 2.83. The van der Waals surface area contributed by atoms with E-state index in [1.165, 1.54) is 7.11 Å². The minimum absolute atomic E-state index is 0.0255. The molecule has 7 heteroatoms. The smallest absolute Gasteiger partial charge is 0.232 e. The molecule has 0 unspecified atom stereocenters. The molecular weight excluding hydrogens is 262 g/mol. The minimum Gasteiger partial charge on any atom is -0.497 e. The molecule has 1 aromatic heterocycles. The molecule has 0 saturated heterocycles. The highest BCUT2D eigenvalue weighted by atomic mass is 16.5. The van der Waals surface area contributed by atoms with Gasteiger partial charge in [0.2, 0.25) is 11.8 Å². The lowest BCUT2D eigenvalue weighted by molar-refractivity contribution is -0.115. The number of nitrogens with one attached hydrogen (secondary N) is 1. The van der Waals surface area contributed by atoms with Crippen molar-refractivity contribution in [1.82, 2.24) is 10.1 Å². The van der Waals surface area contributed by atoms with Gasteiger partial charge in [-0.25, -0.2) is 0 Å². The number of anilines is 1. The number of benzene rings is 1. The van der Waals surface area contributed by atoms with Gasteiger partial charge in [0.15, 0.2) is 5.82 Å². The Balaban J connectivity index is 2.10. The van der Waals surface area contributed by atoms with Crippen molar-refractivity contribution < 1.29 is 18.8 Å². The number of aryl methyl sites for hydroxylation is 1. The van der Waals surface area contributed by atoms with Crippen LogP contribution in [0.1, 0.15) is 11.7 Å². The second-order valence-corrected chi connectivity index (χ2v) is 4.02. The molecule has 20 heavy (non-hydrogen) atoms. The molecule has 0 bridgehead atoms. The van der Waals surface area contributed by atoms with E-state index in [4.69, 9.17) is 14.0 Å². The van der Waals surface area contributed by atoms with Gasteiger partial charge in [-0.2, -0.15) is 4.98 Å². The molecule has 2 aromatic rings. The first-order valence-electron chi connectivity index (χ1n) is 5.93. The maximum absolute atomic E-state index is 11.9. The first-order valence-corrected chi connectivity index (χ1v) is 5.93. The highest BCUT2D eigenvalue weighted by molar-refractivity contribution is 5.93. The number of nitrogens with zero attached hydrogens (tertiary/aromatic N) is 2. The van der Waals surface area contributed by atoms with E-state index < -0.39 is 0 Å². The highest BCUT2D eigenvalue weighted by Gasteiger charge is 2.12. The molecule has 1 N–H and O–H groups in total. The van der Waals surface area contributed by atoms with Gasteiger partial charge in [0.1, 0.15) is 11.5 Å². The molecule has 106 valence electrons. The highest BCUT2D eigenvalue weighted by Crippen LogP contribution is 2.28. The van der Waals surface area contributed by atoms with E-state index in [-0.39, 0.29) is 12.3 Å². The van der Waals surface area contributed by atoms with Gasteiger partial charge in [0, 0.05) is 13.0 Å². The maximum Gasteiger partial charge on any atom is 0.232 e. The number of ether oxygens (including phenoxy) is 2. The largest absolute Gasteiger partial charge is 0.497 e. The summed E-state index contributed by atoms with van der Waals surface area (Å²) in [5.74, 6) is 1.66. The van der Waals surface area contributed by atoms with Crippen LogP contribution in [-0.4, -0.2) is 30.3 Å². The summed E-state index contributed by atoms with van der Waals surface area (Å²) in [6, 6.07) is 5.14. The lowest BCUT2D eigenvalue weighted by Crippen LogP contribution is -2.15. The van der Waals surface area contributed by atoms with E-state index in [2.05, 4.69) is 15.5 Å². The summed E-state index contributed by atoms with van der Waals surface area (Å²) in [5.41, 5.74) is 0.525. The van der Waals surface area contributed by atoms with E-state index >= 15 is 0 Å². The van der Waals surface area contributed by atoms with Crippen LogP contribution in [0.15, 0.2) is 22.7 Å². The number of rotatable bonds is 5. The van der Waals surface area contributed by atoms with Gasteiger partial charge in [-0.1, -0.05) is 5.16 Å². The van der Waals surface area contributed by atoms with Crippen LogP contribution in [0.4, 0.5) is 5.69 Å². The summed E-state index contributed by atoms with van der Waals surface area (Å²) in [6.45, 7) is 1.67. The normalized spacial score (nSPS) is 10.2. The number of aromatic nitrogens is 2. The number of carbonyl (C=O) groups excluding carboxylic acids is 1. The molecule has 1 amide bonds. The van der Waals surface area contributed by atoms with Crippen molar-refractivity contribution in [2.24, 2.45) is 0 Å². The summed E-state index contributed by atoms with van der Waals surface area (Å²) < 4.78 is 15.1. The predicted molar refractivity (Wildman–Crippen MR) is 70.9 cm³/mol. The van der Waals surface area contributed by atoms with Gasteiger partial charge in [-0.15, -0.1) is 0 Å². The van der Waals surface area contributed by atoms with Crippen LogP contribution in [0.2, 0.25) is 0 Å². The van der Waals surface area contributed by atoms with Crippen molar-refractivity contribution in [3.8, 4) is 11.5 Å². The van der Waals surface area contributed by atoms with Gasteiger partial charge in [-0.05, 0) is 12.1 Å². The zero-order chi connectivity index (χ0) is 14.5. The first-order chi connectivity index (χ1) is 9.62. The standard InChI is InChI=1S/C13H15N3O4/c1-8-14-12(16-20-8)7-13(17)15-10-6-9(18-2)4-5-11(10)19-3/h4-6H,7H2,1-3H3,(H,15,17). The quantitative estimate of drug-likeness (QED) is 0.892. The molecule has 0 aliphatic carbocycles. The Bertz CT molecular complexity index is 609. The maximum atomic E-state index is 11.9. The van der Waals surface area contributed by atoms with Crippen LogP contribution in [-0.2, 0) is 11.2 Å². The lowest BCUT2D eigenvalue weighted by atomic mass is 10.2. The zero-order valence-corrected chi connectivity index (χ0v) is 11.5. The van der Waals surface area contributed by atoms with Gasteiger partial charge >= 0.3 is 0 Å². The zero-order valence-electron chi connectivity index (χ0n) is 11.5. The molecule has 1 aromatic carbocycles. The van der Waals surface area contributed by atoms with Crippen molar-refractivity contribution >= 4 is 11.6 Å². The van der Waals surface area contributed by atoms with Crippen LogP contribution in [0.25, 0.3) is 0 Å². The van der Waals surface area contributed by atoms with Gasteiger partial charge in [-0.3, -0.25) is 4.79 Å². The summed E-state index contributed by atoms with van der Waals surface area (Å²) in [5, 5.41) is 6.40. The fourth-order valence-electron chi connectivity index (χ4n) is 1.66. The van der Waals surface area contributed by atoms with Crippen molar-refractivity contribution in [2.75, 3.05) is 19.5 Å². The van der Waals surface area contributed by atoms with Crippen molar-refractivity contribution in [1.29, 1.82) is 0 Å². The molecule has 0 spiro atoms. The predicted octanol–water partition coefficient (Wildman–Crippen LogP) is 1.58. The Morgan fingerprint density at radius 1 is 1.35 bits per heavy atom. The topological polar surface area (TPSA) is 86.5 Å². The van der Waals surface area contributed by atoms with Crippen LogP contribution in [0.5, 0.6) is 11.5 Å². The Kier molecular flexibility index (Phi) is 4.19. The van der Waals surface area contributed by atoms with Gasteiger partial charge in [0.25, 0.3) is 0 Å². The molecule has 2 rings (SSSR count). The van der Waals surface area contributed by atoms with Gasteiger partial charge < -0.3 is 19.3 Å². The van der Waals surface area contributed by atoms with E-state index in [0.29, 0.717) is 28.9 Å². The Morgan fingerprint density at radius 2 is 2.15 bits per heavy atom. The van der Waals surface area contributed by atoms with Crippen molar-refractivity contribution in [3.05, 3.63) is 29.9 Å². The molecular formula is C13H15N3O4. The number of carbonyl (C=O) groups is 1. The average molecular weight is 277 g/mol. The molecule has 0 fully saturated rings. The van der Waals surface area contributed by atoms with Crippen LogP contribution in [0.3, 0.4) is 0 Å². The Morgan fingerprint density at radius 3 is 2.75 bits per heavy atom. The second-order valence-electron chi connectivity index (χ2n) is 4.02. The van der Waals surface area contributed by atoms with Crippen LogP contribution in [0, 0.1) is 6.92 Å². The van der Waals surface area contributed by atoms with Crippen LogP contribution < -0.4 is 14.8 Å². The summed E-state index contributed by atoms with van der Waals surface area (Å²) in [7, 11) is 3.08. The van der Waals surface area contributed by atoms with Gasteiger partial charge in [0.05, 0.1) is 26.3 Å². The lowest BCUT2D eigenvalue weighted by Gasteiger charge is -2.11. The third-order valence-corrected chi connectivity index (χ3v) is 2.57. The molecule has 0 aliphatic heterocycles. The molecule has 0 saturated carbocycles. The third kappa shape index (κ3) is 3.25. The minimum atomic E-state index is -0.266.